The highest BCUT2D eigenvalue weighted by atomic mass is 31.2. The number of H-pyrrole nitrogens is 3. The van der Waals surface area contributed by atoms with Gasteiger partial charge in [0.15, 0.2) is 5.69 Å². The molecule has 0 atom stereocenters. The Morgan fingerprint density at radius 1 is 0.491 bits per heavy atom. The van der Waals surface area contributed by atoms with Gasteiger partial charge in [0, 0.05) is 130 Å². The second-order valence-corrected chi connectivity index (χ2v) is 31.4. The van der Waals surface area contributed by atoms with Gasteiger partial charge in [-0.15, -0.1) is 0 Å². The van der Waals surface area contributed by atoms with E-state index >= 15 is 0 Å². The highest BCUT2D eigenvalue weighted by Gasteiger charge is 2.37. The normalized spacial score (nSPS) is 11.9. The van der Waals surface area contributed by atoms with Gasteiger partial charge >= 0.3 is 11.9 Å². The smallest absolute Gasteiger partial charge is 0.354 e. The van der Waals surface area contributed by atoms with Crippen LogP contribution in [0, 0.1) is 57.3 Å². The van der Waals surface area contributed by atoms with E-state index in [1.54, 1.807) is 80.5 Å². The maximum atomic E-state index is 14.8. The number of aromatic nitrogens is 10. The van der Waals surface area contributed by atoms with Gasteiger partial charge in [-0.3, -0.25) is 15.3 Å². The van der Waals surface area contributed by atoms with E-state index in [0.717, 1.165) is 110 Å². The quantitative estimate of drug-likeness (QED) is 0.0445. The van der Waals surface area contributed by atoms with Crippen LogP contribution in [0.4, 0.5) is 17.6 Å². The maximum absolute atomic E-state index is 14.8. The Bertz CT molecular complexity index is 6180. The number of ether oxygens (including phenoxy) is 1. The Hall–Kier alpha value is -12.9. The van der Waals surface area contributed by atoms with Crippen molar-refractivity contribution in [2.24, 2.45) is 0 Å². The topological polar surface area (TPSA) is 286 Å². The summed E-state index contributed by atoms with van der Waals surface area (Å²) in [7, 11) is -0.967. The molecule has 24 heteroatoms. The van der Waals surface area contributed by atoms with Gasteiger partial charge in [0.2, 0.25) is 5.88 Å². The summed E-state index contributed by atoms with van der Waals surface area (Å²) in [4.78, 5) is 27.2. The van der Waals surface area contributed by atoms with E-state index in [9.17, 15) is 57.7 Å². The van der Waals surface area contributed by atoms with Crippen LogP contribution in [0.2, 0.25) is 0 Å². The summed E-state index contributed by atoms with van der Waals surface area (Å²) < 4.78 is 80.7. The summed E-state index contributed by atoms with van der Waals surface area (Å²) in [6.45, 7) is 15.4. The molecule has 0 unspecified atom stereocenters. The Morgan fingerprint density at radius 3 is 1.21 bits per heavy atom. The zero-order valence-electron chi connectivity index (χ0n) is 58.9. The molecule has 15 aromatic rings. The van der Waals surface area contributed by atoms with Gasteiger partial charge in [0.05, 0.1) is 82.6 Å². The molecule has 0 radical (unpaired) electrons. The molecule has 19 nitrogen and oxygen atoms in total. The molecule has 0 saturated carbocycles. The van der Waals surface area contributed by atoms with Crippen LogP contribution in [0.25, 0.3) is 116 Å². The number of hydrogen-bond acceptors (Lipinski definition) is 11. The van der Waals surface area contributed by atoms with Crippen molar-refractivity contribution in [3.63, 3.8) is 0 Å². The molecule has 7 aromatic heterocycles. The number of benzene rings is 8. The Morgan fingerprint density at radius 2 is 0.858 bits per heavy atom. The summed E-state index contributed by atoms with van der Waals surface area (Å²) in [5, 5.41) is 75.3. The number of aromatic amines is 3. The lowest BCUT2D eigenvalue weighted by atomic mass is 9.81. The van der Waals surface area contributed by atoms with Crippen LogP contribution in [-0.4, -0.2) is 91.9 Å². The number of hydrogen-bond donors (Lipinski definition) is 5. The Labute approximate surface area is 604 Å². The van der Waals surface area contributed by atoms with Crippen LogP contribution in [0.3, 0.4) is 0 Å². The number of halogens is 4. The van der Waals surface area contributed by atoms with Gasteiger partial charge in [0.25, 0.3) is 0 Å². The van der Waals surface area contributed by atoms with E-state index in [1.165, 1.54) is 61.7 Å². The molecule has 0 aliphatic carbocycles. The molecule has 7 heterocycles. The molecule has 8 aromatic carbocycles. The van der Waals surface area contributed by atoms with Crippen molar-refractivity contribution >= 4 is 89.8 Å². The fraction of sp³-hybridized carbons (Fsp3) is 0.183. The summed E-state index contributed by atoms with van der Waals surface area (Å²) >= 11 is 0. The highest BCUT2D eigenvalue weighted by molar-refractivity contribution is 7.70. The largest absolute Gasteiger partial charge is 0.481 e. The third kappa shape index (κ3) is 13.2. The van der Waals surface area contributed by atoms with E-state index in [4.69, 9.17) is 4.74 Å². The zero-order valence-corrected chi connectivity index (χ0v) is 59.8. The lowest BCUT2D eigenvalue weighted by Gasteiger charge is -2.27. The standard InChI is InChI=1S/C28H26FN4OP.C27H20F2N4O2.C27H22FN5O3/c1-28(2,13-14-30)27-26(18-5-11-22(12-6-18)35(3,4)34)23-16-24-19(17-31-32-24)15-25(23)33(27)21-9-7-20(29)8-10-21;1-27(2,9-10-30)25-24(15-3-8-19(26(34)35)21(29)11-15)20-13-22-16(14-31-32-22)12-23(20)33(25)18-6-4-17(28)5-7-18;1-27(2,10-11-29)24-23(18-8-9-20(26(34)35)31-25(18)36-3)19-13-21-15(14-30-32-21)12-22(19)33(24)17-6-4-16(28)5-7-17/h5-12,15-17H,13H2,1-4H3,(H,31,32);3-8,11-14H,9H2,1-2H3,(H,31,32)(H,34,35);4-9,12-14H,10H2,1-3H3,(H,30,32)(H,34,35). The number of rotatable bonds is 16. The molecular formula is C82H68F4N13O6P. The van der Waals surface area contributed by atoms with Crippen molar-refractivity contribution in [1.82, 2.24) is 49.3 Å². The minimum absolute atomic E-state index is 0.145. The lowest BCUT2D eigenvalue weighted by Crippen LogP contribution is -2.22. The van der Waals surface area contributed by atoms with Crippen molar-refractivity contribution in [1.29, 1.82) is 15.8 Å². The monoisotopic (exact) mass is 1440 g/mol. The molecule has 0 aliphatic rings. The van der Waals surface area contributed by atoms with E-state index in [-0.39, 0.29) is 41.9 Å². The number of nitriles is 3. The van der Waals surface area contributed by atoms with Crippen LogP contribution in [0.15, 0.2) is 182 Å². The van der Waals surface area contributed by atoms with Crippen LogP contribution in [-0.2, 0) is 20.8 Å². The highest BCUT2D eigenvalue weighted by Crippen LogP contribution is 2.50. The fourth-order valence-corrected chi connectivity index (χ4v) is 15.0. The zero-order chi connectivity index (χ0) is 75.5. The predicted molar refractivity (Wildman–Crippen MR) is 402 cm³/mol. The lowest BCUT2D eigenvalue weighted by molar-refractivity contribution is 0.0680. The Balaban J connectivity index is 0.000000141. The van der Waals surface area contributed by atoms with Crippen molar-refractivity contribution in [2.75, 3.05) is 20.4 Å². The van der Waals surface area contributed by atoms with Gasteiger partial charge in [-0.1, -0.05) is 71.9 Å². The van der Waals surface area contributed by atoms with Gasteiger partial charge < -0.3 is 33.2 Å². The second-order valence-electron chi connectivity index (χ2n) is 28.2. The summed E-state index contributed by atoms with van der Waals surface area (Å²) in [5.74, 6) is -4.28. The molecule has 0 aliphatic heterocycles. The molecule has 0 amide bonds. The van der Waals surface area contributed by atoms with Gasteiger partial charge in [-0.05, 0) is 158 Å². The summed E-state index contributed by atoms with van der Waals surface area (Å²) in [6, 6.07) is 52.4. The van der Waals surface area contributed by atoms with E-state index in [2.05, 4.69) is 84.3 Å². The molecule has 0 saturated heterocycles. The van der Waals surface area contributed by atoms with Gasteiger partial charge in [-0.25, -0.2) is 32.1 Å². The molecule has 5 N–H and O–H groups in total. The number of carbonyl (C=O) groups is 2. The summed E-state index contributed by atoms with van der Waals surface area (Å²) in [6.07, 6.45) is 5.85. The van der Waals surface area contributed by atoms with E-state index in [0.29, 0.717) is 34.5 Å². The third-order valence-electron chi connectivity index (χ3n) is 19.1. The minimum atomic E-state index is -2.40. The van der Waals surface area contributed by atoms with Crippen LogP contribution >= 0.6 is 7.14 Å². The number of methoxy groups -OCH3 is 1. The van der Waals surface area contributed by atoms with Crippen molar-refractivity contribution in [2.45, 2.75) is 77.0 Å². The first-order valence-corrected chi connectivity index (χ1v) is 36.1. The molecule has 0 bridgehead atoms. The Kier molecular flexibility index (Phi) is 18.7. The second kappa shape index (κ2) is 27.7. The predicted octanol–water partition coefficient (Wildman–Crippen LogP) is 18.7. The molecule has 530 valence electrons. The average molecular weight is 1440 g/mol. The molecule has 0 fully saturated rings. The minimum Gasteiger partial charge on any atom is -0.481 e. The number of carboxylic acids is 2. The molecular weight excluding hydrogens is 1370 g/mol. The first kappa shape index (κ1) is 71.5. The van der Waals surface area contributed by atoms with Crippen molar-refractivity contribution in [3.05, 3.63) is 234 Å². The number of pyridine rings is 1. The first-order chi connectivity index (χ1) is 50.6. The fourth-order valence-electron chi connectivity index (χ4n) is 14.1. The van der Waals surface area contributed by atoms with Crippen molar-refractivity contribution < 1.29 is 46.7 Å². The summed E-state index contributed by atoms with van der Waals surface area (Å²) in [5.41, 5.74) is 11.6. The van der Waals surface area contributed by atoms with Gasteiger partial charge in [-0.2, -0.15) is 31.1 Å². The number of nitrogens with one attached hydrogen (secondary N) is 3. The SMILES string of the molecule is CC(C)(CC#N)c1c(-c2ccc(C(=O)O)c(F)c2)c2cc3[nH]ncc3cc2n1-c1ccc(F)cc1.CC(C)(CC#N)c1c(-c2ccc(P(C)(C)=O)cc2)c2cc3[nH]ncc3cc2n1-c1ccc(F)cc1.COc1nc(C(=O)O)ccc1-c1c(C(C)(C)CC#N)n(-c2ccc(F)cc2)c2cc3cn[nH]c3cc12. The van der Waals surface area contributed by atoms with Crippen molar-refractivity contribution in [3.8, 4) is 74.5 Å². The number of nitrogens with zero attached hydrogens (tertiary/aromatic N) is 10. The number of aromatic carboxylic acids is 2. The number of fused-ring (bicyclic) bond motifs is 6. The first-order valence-electron chi connectivity index (χ1n) is 33.5. The third-order valence-corrected chi connectivity index (χ3v) is 20.7. The average Bonchev–Trinajstić information content (AvgIpc) is 1.58. The van der Waals surface area contributed by atoms with Gasteiger partial charge in [0.1, 0.15) is 30.4 Å². The van der Waals surface area contributed by atoms with E-state index in [1.807, 2.05) is 85.4 Å². The number of carboxylic acid groups (broad SMARTS) is 2. The van der Waals surface area contributed by atoms with Crippen LogP contribution in [0.1, 0.15) is 98.7 Å². The molecule has 106 heavy (non-hydrogen) atoms. The van der Waals surface area contributed by atoms with Crippen LogP contribution in [0.5, 0.6) is 5.88 Å². The maximum Gasteiger partial charge on any atom is 0.354 e. The molecule has 15 rings (SSSR count). The van der Waals surface area contributed by atoms with Crippen LogP contribution < -0.4 is 10.0 Å². The molecule has 0 spiro atoms. The van der Waals surface area contributed by atoms with E-state index < -0.39 is 46.7 Å².